The number of benzene rings is 1. The Bertz CT molecular complexity index is 1100. The van der Waals surface area contributed by atoms with Gasteiger partial charge in [-0.3, -0.25) is 9.48 Å². The van der Waals surface area contributed by atoms with E-state index in [1.807, 2.05) is 0 Å². The first-order valence-electron chi connectivity index (χ1n) is 8.17. The molecule has 1 N–H and O–H groups in total. The van der Waals surface area contributed by atoms with E-state index in [0.29, 0.717) is 5.39 Å². The summed E-state index contributed by atoms with van der Waals surface area (Å²) in [4.78, 5) is 12.5. The highest BCUT2D eigenvalue weighted by molar-refractivity contribution is 6.31. The summed E-state index contributed by atoms with van der Waals surface area (Å²) in [6.07, 6.45) is -2.70. The fourth-order valence-electron chi connectivity index (χ4n) is 3.11. The number of aliphatic hydroxyl groups is 1. The molecule has 2 aromatic heterocycles. The van der Waals surface area contributed by atoms with E-state index in [-0.39, 0.29) is 28.4 Å². The van der Waals surface area contributed by atoms with Crippen molar-refractivity contribution in [2.75, 3.05) is 0 Å². The number of rotatable bonds is 3. The van der Waals surface area contributed by atoms with Crippen molar-refractivity contribution in [3.8, 4) is 0 Å². The Morgan fingerprint density at radius 1 is 1.33 bits per heavy atom. The van der Waals surface area contributed by atoms with Crippen LogP contribution in [0.3, 0.4) is 0 Å². The minimum absolute atomic E-state index is 0.0750. The minimum atomic E-state index is -4.59. The van der Waals surface area contributed by atoms with Gasteiger partial charge >= 0.3 is 6.18 Å². The molecule has 0 aliphatic heterocycles. The molecule has 0 spiro atoms. The molecule has 1 aromatic carbocycles. The summed E-state index contributed by atoms with van der Waals surface area (Å²) in [6, 6.07) is 3.10. The molecule has 0 radical (unpaired) electrons. The van der Waals surface area contributed by atoms with Gasteiger partial charge in [0.2, 0.25) is 0 Å². The number of nitrogens with zero attached hydrogens (tertiary/aromatic N) is 4. The Morgan fingerprint density at radius 3 is 2.63 bits per heavy atom. The molecule has 0 saturated heterocycles. The molecule has 0 bridgehead atoms. The normalized spacial score (nSPS) is 16.1. The van der Waals surface area contributed by atoms with Crippen LogP contribution in [0.5, 0.6) is 0 Å². The van der Waals surface area contributed by atoms with E-state index in [9.17, 15) is 23.1 Å². The molecule has 6 nitrogen and oxygen atoms in total. The van der Waals surface area contributed by atoms with Crippen LogP contribution in [0.25, 0.3) is 10.9 Å². The van der Waals surface area contributed by atoms with Crippen molar-refractivity contribution in [1.29, 1.82) is 0 Å². The standard InChI is InChI=1S/C17H14ClF3N4O2/c1-24-14(10-7-22-25(9-3-4-9)16(27)13(10)23-24)15(26)8-2-5-11(12(18)6-8)17(19,20)21/h2,5-7,9,15,26H,3-4H2,1H3. The minimum Gasteiger partial charge on any atom is -0.382 e. The highest BCUT2D eigenvalue weighted by atomic mass is 35.5. The van der Waals surface area contributed by atoms with E-state index in [1.165, 1.54) is 15.6 Å². The van der Waals surface area contributed by atoms with Gasteiger partial charge in [-0.25, -0.2) is 4.68 Å². The molecular formula is C17H14ClF3N4O2. The molecule has 142 valence electrons. The van der Waals surface area contributed by atoms with Gasteiger partial charge in [0.15, 0.2) is 5.52 Å². The molecule has 0 amide bonds. The Balaban J connectivity index is 1.80. The van der Waals surface area contributed by atoms with Crippen molar-refractivity contribution in [3.05, 3.63) is 56.6 Å². The third-order valence-corrected chi connectivity index (χ3v) is 4.93. The average molecular weight is 399 g/mol. The molecule has 1 atom stereocenters. The SMILES string of the molecule is Cn1nc2c(=O)n(C3CC3)ncc2c1C(O)c1ccc(C(F)(F)F)c(Cl)c1. The highest BCUT2D eigenvalue weighted by Gasteiger charge is 2.34. The fraction of sp³-hybridized carbons (Fsp3) is 0.353. The van der Waals surface area contributed by atoms with Gasteiger partial charge in [-0.05, 0) is 30.5 Å². The van der Waals surface area contributed by atoms with Crippen LogP contribution in [0.1, 0.15) is 41.8 Å². The predicted octanol–water partition coefficient (Wildman–Crippen LogP) is 3.22. The summed E-state index contributed by atoms with van der Waals surface area (Å²) in [5, 5.41) is 18.9. The number of aromatic nitrogens is 4. The van der Waals surface area contributed by atoms with Crippen molar-refractivity contribution in [3.63, 3.8) is 0 Å². The van der Waals surface area contributed by atoms with Crippen molar-refractivity contribution in [2.45, 2.75) is 31.2 Å². The van der Waals surface area contributed by atoms with Crippen LogP contribution in [0.15, 0.2) is 29.2 Å². The summed E-state index contributed by atoms with van der Waals surface area (Å²) in [5.74, 6) is 0. The number of hydrogen-bond donors (Lipinski definition) is 1. The zero-order valence-corrected chi connectivity index (χ0v) is 14.8. The predicted molar refractivity (Wildman–Crippen MR) is 91.6 cm³/mol. The maximum absolute atomic E-state index is 12.9. The highest BCUT2D eigenvalue weighted by Crippen LogP contribution is 2.37. The molecule has 1 aliphatic rings. The van der Waals surface area contributed by atoms with Crippen molar-refractivity contribution in [2.24, 2.45) is 7.05 Å². The number of hydrogen-bond acceptors (Lipinski definition) is 4. The average Bonchev–Trinajstić information content (AvgIpc) is 3.36. The molecule has 1 aliphatic carbocycles. The smallest absolute Gasteiger partial charge is 0.382 e. The largest absolute Gasteiger partial charge is 0.417 e. The van der Waals surface area contributed by atoms with Crippen LogP contribution in [0, 0.1) is 0 Å². The molecule has 1 saturated carbocycles. The van der Waals surface area contributed by atoms with Gasteiger partial charge in [-0.15, -0.1) is 0 Å². The Kier molecular flexibility index (Phi) is 4.04. The van der Waals surface area contributed by atoms with Crippen LogP contribution in [0.4, 0.5) is 13.2 Å². The van der Waals surface area contributed by atoms with Gasteiger partial charge < -0.3 is 5.11 Å². The van der Waals surface area contributed by atoms with E-state index >= 15 is 0 Å². The van der Waals surface area contributed by atoms with Crippen LogP contribution < -0.4 is 5.56 Å². The topological polar surface area (TPSA) is 72.9 Å². The molecule has 1 fully saturated rings. The van der Waals surface area contributed by atoms with Crippen LogP contribution in [-0.4, -0.2) is 24.7 Å². The van der Waals surface area contributed by atoms with E-state index in [4.69, 9.17) is 11.6 Å². The second kappa shape index (κ2) is 6.07. The van der Waals surface area contributed by atoms with Crippen LogP contribution in [0.2, 0.25) is 5.02 Å². The number of alkyl halides is 3. The molecule has 3 aromatic rings. The Labute approximate surface area is 155 Å². The summed E-state index contributed by atoms with van der Waals surface area (Å²) in [6.45, 7) is 0. The zero-order valence-electron chi connectivity index (χ0n) is 14.0. The first-order valence-corrected chi connectivity index (χ1v) is 8.55. The third-order valence-electron chi connectivity index (χ3n) is 4.62. The number of fused-ring (bicyclic) bond motifs is 1. The molecule has 27 heavy (non-hydrogen) atoms. The lowest BCUT2D eigenvalue weighted by Gasteiger charge is -2.15. The van der Waals surface area contributed by atoms with Gasteiger partial charge in [0.1, 0.15) is 6.10 Å². The third kappa shape index (κ3) is 3.00. The number of aryl methyl sites for hydroxylation is 1. The molecular weight excluding hydrogens is 385 g/mol. The number of aliphatic hydroxyl groups excluding tert-OH is 1. The van der Waals surface area contributed by atoms with Gasteiger partial charge in [-0.1, -0.05) is 17.7 Å². The van der Waals surface area contributed by atoms with Crippen molar-refractivity contribution < 1.29 is 18.3 Å². The van der Waals surface area contributed by atoms with Gasteiger partial charge in [0.05, 0.1) is 33.9 Å². The van der Waals surface area contributed by atoms with E-state index < -0.39 is 22.9 Å². The maximum atomic E-state index is 12.9. The first-order chi connectivity index (χ1) is 12.7. The van der Waals surface area contributed by atoms with E-state index in [2.05, 4.69) is 10.2 Å². The monoisotopic (exact) mass is 398 g/mol. The number of halogens is 4. The quantitative estimate of drug-likeness (QED) is 0.735. The lowest BCUT2D eigenvalue weighted by Crippen LogP contribution is -2.21. The Hall–Kier alpha value is -2.39. The molecule has 10 heteroatoms. The summed E-state index contributed by atoms with van der Waals surface area (Å²) >= 11 is 5.75. The summed E-state index contributed by atoms with van der Waals surface area (Å²) in [7, 11) is 1.55. The lowest BCUT2D eigenvalue weighted by molar-refractivity contribution is -0.137. The second-order valence-corrected chi connectivity index (χ2v) is 6.94. The van der Waals surface area contributed by atoms with Gasteiger partial charge in [-0.2, -0.15) is 23.4 Å². The lowest BCUT2D eigenvalue weighted by atomic mass is 10.0. The summed E-state index contributed by atoms with van der Waals surface area (Å²) in [5.41, 5.74) is -0.762. The van der Waals surface area contributed by atoms with E-state index in [1.54, 1.807) is 7.05 Å². The first kappa shape index (κ1) is 18.0. The molecule has 4 rings (SSSR count). The van der Waals surface area contributed by atoms with E-state index in [0.717, 1.165) is 31.0 Å². The molecule has 1 unspecified atom stereocenters. The molecule has 2 heterocycles. The van der Waals surface area contributed by atoms with Crippen molar-refractivity contribution in [1.82, 2.24) is 19.6 Å². The fourth-order valence-corrected chi connectivity index (χ4v) is 3.41. The van der Waals surface area contributed by atoms with Gasteiger partial charge in [0, 0.05) is 7.05 Å². The van der Waals surface area contributed by atoms with Crippen LogP contribution in [-0.2, 0) is 13.2 Å². The Morgan fingerprint density at radius 2 is 2.04 bits per heavy atom. The summed E-state index contributed by atoms with van der Waals surface area (Å²) < 4.78 is 41.3. The van der Waals surface area contributed by atoms with Crippen LogP contribution >= 0.6 is 11.6 Å². The maximum Gasteiger partial charge on any atom is 0.417 e. The van der Waals surface area contributed by atoms with Crippen molar-refractivity contribution >= 4 is 22.5 Å². The second-order valence-electron chi connectivity index (χ2n) is 6.54. The zero-order chi connectivity index (χ0) is 19.5. The van der Waals surface area contributed by atoms with Gasteiger partial charge in [0.25, 0.3) is 5.56 Å².